The van der Waals surface area contributed by atoms with E-state index in [2.05, 4.69) is 22.3 Å². The Bertz CT molecular complexity index is 369. The van der Waals surface area contributed by atoms with Gasteiger partial charge in [0.15, 0.2) is 0 Å². The molecule has 1 aromatic carbocycles. The van der Waals surface area contributed by atoms with Crippen molar-refractivity contribution >= 4 is 17.3 Å². The number of anilines is 2. The maximum atomic E-state index is 11.4. The average molecular weight is 233 g/mol. The van der Waals surface area contributed by atoms with Crippen molar-refractivity contribution in [1.29, 1.82) is 0 Å². The van der Waals surface area contributed by atoms with Crippen LogP contribution in [-0.4, -0.2) is 25.5 Å². The number of hydrogen-bond donors (Lipinski definition) is 2. The Kier molecular flexibility index (Phi) is 3.98. The minimum absolute atomic E-state index is 0.0265. The highest BCUT2D eigenvalue weighted by Gasteiger charge is 2.11. The first-order chi connectivity index (χ1) is 8.29. The minimum atomic E-state index is -0.0265. The van der Waals surface area contributed by atoms with Gasteiger partial charge < -0.3 is 16.0 Å². The molecule has 4 nitrogen and oxygen atoms in total. The topological polar surface area (TPSA) is 58.4 Å². The molecule has 3 N–H and O–H groups in total. The van der Waals surface area contributed by atoms with E-state index in [9.17, 15) is 4.79 Å². The van der Waals surface area contributed by atoms with Crippen LogP contribution in [-0.2, 0) is 4.79 Å². The lowest BCUT2D eigenvalue weighted by Crippen LogP contribution is -2.18. The second-order valence-corrected chi connectivity index (χ2v) is 4.33. The molecule has 2 rings (SSSR count). The number of carbonyl (C=O) groups excluding carboxylic acids is 1. The van der Waals surface area contributed by atoms with E-state index in [0.717, 1.165) is 18.8 Å². The van der Waals surface area contributed by atoms with Crippen molar-refractivity contribution in [3.63, 3.8) is 0 Å². The Morgan fingerprint density at radius 2 is 1.88 bits per heavy atom. The van der Waals surface area contributed by atoms with Gasteiger partial charge in [-0.2, -0.15) is 0 Å². The van der Waals surface area contributed by atoms with Gasteiger partial charge >= 0.3 is 0 Å². The molecule has 1 amide bonds. The van der Waals surface area contributed by atoms with E-state index in [0.29, 0.717) is 13.0 Å². The summed E-state index contributed by atoms with van der Waals surface area (Å²) in [5, 5.41) is 2.82. The summed E-state index contributed by atoms with van der Waals surface area (Å²) in [5.41, 5.74) is 7.40. The van der Waals surface area contributed by atoms with Crippen LogP contribution in [0.3, 0.4) is 0 Å². The number of rotatable bonds is 4. The second kappa shape index (κ2) is 5.68. The molecule has 0 aliphatic carbocycles. The summed E-state index contributed by atoms with van der Waals surface area (Å²) >= 11 is 0. The number of carbonyl (C=O) groups is 1. The molecule has 1 fully saturated rings. The first-order valence-corrected chi connectivity index (χ1v) is 6.14. The molecule has 0 radical (unpaired) electrons. The molecule has 17 heavy (non-hydrogen) atoms. The molecule has 0 bridgehead atoms. The Labute approximate surface area is 102 Å². The summed E-state index contributed by atoms with van der Waals surface area (Å²) in [4.78, 5) is 13.7. The number of benzene rings is 1. The molecule has 1 heterocycles. The van der Waals surface area contributed by atoms with Crippen LogP contribution in [0.2, 0.25) is 0 Å². The van der Waals surface area contributed by atoms with Crippen LogP contribution >= 0.6 is 0 Å². The van der Waals surface area contributed by atoms with Crippen LogP contribution < -0.4 is 16.0 Å². The van der Waals surface area contributed by atoms with E-state index in [4.69, 9.17) is 5.73 Å². The Morgan fingerprint density at radius 3 is 2.47 bits per heavy atom. The lowest BCUT2D eigenvalue weighted by atomic mass is 10.2. The van der Waals surface area contributed by atoms with Crippen LogP contribution in [0.5, 0.6) is 0 Å². The average Bonchev–Trinajstić information content (AvgIpc) is 2.84. The summed E-state index contributed by atoms with van der Waals surface area (Å²) < 4.78 is 0. The Morgan fingerprint density at radius 1 is 1.24 bits per heavy atom. The monoisotopic (exact) mass is 233 g/mol. The molecule has 1 aromatic rings. The van der Waals surface area contributed by atoms with Gasteiger partial charge in [0, 0.05) is 37.4 Å². The van der Waals surface area contributed by atoms with Gasteiger partial charge in [0.1, 0.15) is 0 Å². The first kappa shape index (κ1) is 11.9. The molecule has 1 aliphatic rings. The van der Waals surface area contributed by atoms with Crippen LogP contribution in [0.1, 0.15) is 19.3 Å². The van der Waals surface area contributed by atoms with E-state index < -0.39 is 0 Å². The van der Waals surface area contributed by atoms with Crippen LogP contribution in [0, 0.1) is 0 Å². The predicted octanol–water partition coefficient (Wildman–Crippen LogP) is 1.57. The molecule has 0 saturated carbocycles. The summed E-state index contributed by atoms with van der Waals surface area (Å²) in [5.74, 6) is -0.0265. The highest BCUT2D eigenvalue weighted by atomic mass is 16.1. The van der Waals surface area contributed by atoms with Gasteiger partial charge in [-0.25, -0.2) is 0 Å². The molecule has 92 valence electrons. The fourth-order valence-corrected chi connectivity index (χ4v) is 2.09. The van der Waals surface area contributed by atoms with Gasteiger partial charge in [-0.3, -0.25) is 4.79 Å². The maximum Gasteiger partial charge on any atom is 0.225 e. The van der Waals surface area contributed by atoms with Crippen molar-refractivity contribution in [1.82, 2.24) is 0 Å². The lowest BCUT2D eigenvalue weighted by molar-refractivity contribution is -0.116. The summed E-state index contributed by atoms with van der Waals surface area (Å²) in [7, 11) is 0. The largest absolute Gasteiger partial charge is 0.372 e. The third kappa shape index (κ3) is 3.20. The number of amides is 1. The van der Waals surface area contributed by atoms with Crippen molar-refractivity contribution in [2.24, 2.45) is 5.73 Å². The lowest BCUT2D eigenvalue weighted by Gasteiger charge is -2.17. The van der Waals surface area contributed by atoms with Gasteiger partial charge in [0.05, 0.1) is 0 Å². The Hall–Kier alpha value is -1.55. The fourth-order valence-electron chi connectivity index (χ4n) is 2.09. The molecular formula is C13H19N3O. The van der Waals surface area contributed by atoms with Crippen molar-refractivity contribution in [2.45, 2.75) is 19.3 Å². The Balaban J connectivity index is 1.95. The quantitative estimate of drug-likeness (QED) is 0.830. The fraction of sp³-hybridized carbons (Fsp3) is 0.462. The molecule has 0 unspecified atom stereocenters. The number of nitrogens with zero attached hydrogens (tertiary/aromatic N) is 1. The molecule has 1 aliphatic heterocycles. The van der Waals surface area contributed by atoms with Gasteiger partial charge in [-0.15, -0.1) is 0 Å². The zero-order valence-electron chi connectivity index (χ0n) is 9.98. The molecule has 4 heteroatoms. The van der Waals surface area contributed by atoms with Gasteiger partial charge in [0.25, 0.3) is 0 Å². The maximum absolute atomic E-state index is 11.4. The number of hydrogen-bond acceptors (Lipinski definition) is 3. The minimum Gasteiger partial charge on any atom is -0.372 e. The summed E-state index contributed by atoms with van der Waals surface area (Å²) in [6.07, 6.45) is 2.91. The van der Waals surface area contributed by atoms with Gasteiger partial charge in [0.2, 0.25) is 5.91 Å². The van der Waals surface area contributed by atoms with E-state index in [1.807, 2.05) is 12.1 Å². The molecule has 1 saturated heterocycles. The zero-order valence-corrected chi connectivity index (χ0v) is 9.98. The normalized spacial score (nSPS) is 15.0. The SMILES string of the molecule is NCCC(=O)Nc1ccc(N2CCCC2)cc1. The summed E-state index contributed by atoms with van der Waals surface area (Å²) in [6.45, 7) is 2.66. The molecular weight excluding hydrogens is 214 g/mol. The molecule has 0 aromatic heterocycles. The third-order valence-corrected chi connectivity index (χ3v) is 2.99. The van der Waals surface area contributed by atoms with E-state index in [-0.39, 0.29) is 5.91 Å². The number of nitrogens with one attached hydrogen (secondary N) is 1. The second-order valence-electron chi connectivity index (χ2n) is 4.33. The third-order valence-electron chi connectivity index (χ3n) is 2.99. The van der Waals surface area contributed by atoms with Crippen molar-refractivity contribution in [3.8, 4) is 0 Å². The highest BCUT2D eigenvalue weighted by Crippen LogP contribution is 2.21. The molecule has 0 atom stereocenters. The summed E-state index contributed by atoms with van der Waals surface area (Å²) in [6, 6.07) is 8.01. The van der Waals surface area contributed by atoms with Crippen molar-refractivity contribution < 1.29 is 4.79 Å². The van der Waals surface area contributed by atoms with E-state index in [1.54, 1.807) is 0 Å². The van der Waals surface area contributed by atoms with E-state index in [1.165, 1.54) is 18.5 Å². The van der Waals surface area contributed by atoms with Gasteiger partial charge in [-0.1, -0.05) is 0 Å². The van der Waals surface area contributed by atoms with Crippen LogP contribution in [0.15, 0.2) is 24.3 Å². The predicted molar refractivity (Wildman–Crippen MR) is 70.2 cm³/mol. The van der Waals surface area contributed by atoms with Crippen LogP contribution in [0.4, 0.5) is 11.4 Å². The van der Waals surface area contributed by atoms with Crippen molar-refractivity contribution in [2.75, 3.05) is 29.9 Å². The highest BCUT2D eigenvalue weighted by molar-refractivity contribution is 5.90. The van der Waals surface area contributed by atoms with Gasteiger partial charge in [-0.05, 0) is 37.1 Å². The van der Waals surface area contributed by atoms with Crippen molar-refractivity contribution in [3.05, 3.63) is 24.3 Å². The standard InChI is InChI=1S/C13H19N3O/c14-8-7-13(17)15-11-3-5-12(6-4-11)16-9-1-2-10-16/h3-6H,1-2,7-10,14H2,(H,15,17). The zero-order chi connectivity index (χ0) is 12.1. The van der Waals surface area contributed by atoms with Crippen LogP contribution in [0.25, 0.3) is 0 Å². The smallest absolute Gasteiger partial charge is 0.225 e. The van der Waals surface area contributed by atoms with E-state index >= 15 is 0 Å². The molecule has 0 spiro atoms. The first-order valence-electron chi connectivity index (χ1n) is 6.14. The number of nitrogens with two attached hydrogens (primary N) is 1.